The van der Waals surface area contributed by atoms with Gasteiger partial charge in [-0.15, -0.1) is 0 Å². The molecule has 4 nitrogen and oxygen atoms in total. The van der Waals surface area contributed by atoms with Crippen molar-refractivity contribution >= 4 is 5.97 Å². The molecule has 94 valence electrons. The Morgan fingerprint density at radius 3 is 2.31 bits per heavy atom. The number of nitrogens with zero attached hydrogens (tertiary/aromatic N) is 1. The Labute approximate surface area is 98.2 Å². The molecule has 0 aromatic heterocycles. The van der Waals surface area contributed by atoms with E-state index in [-0.39, 0.29) is 5.97 Å². The fourth-order valence-corrected chi connectivity index (χ4v) is 1.15. The van der Waals surface area contributed by atoms with Crippen LogP contribution in [0, 0.1) is 0 Å². The van der Waals surface area contributed by atoms with Gasteiger partial charge in [-0.2, -0.15) is 0 Å². The molecule has 0 aromatic carbocycles. The summed E-state index contributed by atoms with van der Waals surface area (Å²) in [5.74, 6) is -0.354. The summed E-state index contributed by atoms with van der Waals surface area (Å²) in [6.45, 7) is 13.8. The first-order valence-corrected chi connectivity index (χ1v) is 5.74. The van der Waals surface area contributed by atoms with Gasteiger partial charge in [-0.25, -0.2) is 4.79 Å². The molecule has 0 bridgehead atoms. The van der Waals surface area contributed by atoms with Crippen molar-refractivity contribution in [2.24, 2.45) is 0 Å². The van der Waals surface area contributed by atoms with Crippen LogP contribution in [0.2, 0.25) is 0 Å². The lowest BCUT2D eigenvalue weighted by Gasteiger charge is -2.17. The van der Waals surface area contributed by atoms with Gasteiger partial charge in [0.05, 0.1) is 13.2 Å². The smallest absolute Gasteiger partial charge is 0.333 e. The van der Waals surface area contributed by atoms with Gasteiger partial charge in [-0.05, 0) is 20.0 Å². The third-order valence-corrected chi connectivity index (χ3v) is 2.26. The van der Waals surface area contributed by atoms with Gasteiger partial charge in [0, 0.05) is 12.1 Å². The zero-order valence-corrected chi connectivity index (χ0v) is 10.6. The number of esters is 1. The highest BCUT2D eigenvalue weighted by Crippen LogP contribution is 1.92. The molecule has 0 aliphatic carbocycles. The Morgan fingerprint density at radius 2 is 1.81 bits per heavy atom. The summed E-state index contributed by atoms with van der Waals surface area (Å²) in [5, 5.41) is 0. The Hall–Kier alpha value is -0.870. The van der Waals surface area contributed by atoms with Crippen LogP contribution < -0.4 is 0 Å². The normalized spacial score (nSPS) is 10.5. The Morgan fingerprint density at radius 1 is 1.19 bits per heavy atom. The Balaban J connectivity index is 3.34. The fraction of sp³-hybridized carbons (Fsp3) is 0.750. The molecular weight excluding hydrogens is 206 g/mol. The van der Waals surface area contributed by atoms with Gasteiger partial charge < -0.3 is 14.4 Å². The van der Waals surface area contributed by atoms with Crippen LogP contribution >= 0.6 is 0 Å². The van der Waals surface area contributed by atoms with Gasteiger partial charge in [0.15, 0.2) is 0 Å². The second-order valence-electron chi connectivity index (χ2n) is 3.56. The van der Waals surface area contributed by atoms with E-state index in [2.05, 4.69) is 25.3 Å². The van der Waals surface area contributed by atoms with E-state index >= 15 is 0 Å². The average molecular weight is 229 g/mol. The predicted molar refractivity (Wildman–Crippen MR) is 64.4 cm³/mol. The summed E-state index contributed by atoms with van der Waals surface area (Å²) in [6, 6.07) is 0. The van der Waals surface area contributed by atoms with Gasteiger partial charge in [0.25, 0.3) is 0 Å². The van der Waals surface area contributed by atoms with E-state index in [1.54, 1.807) is 6.92 Å². The molecule has 0 aliphatic heterocycles. The molecule has 0 amide bonds. The quantitative estimate of drug-likeness (QED) is 0.341. The molecule has 0 saturated heterocycles. The lowest BCUT2D eigenvalue weighted by molar-refractivity contribution is -0.140. The minimum Gasteiger partial charge on any atom is -0.460 e. The summed E-state index contributed by atoms with van der Waals surface area (Å²) in [5.41, 5.74) is 0.420. The first kappa shape index (κ1) is 15.1. The average Bonchev–Trinajstić information content (AvgIpc) is 2.27. The molecule has 0 atom stereocenters. The fourth-order valence-electron chi connectivity index (χ4n) is 1.15. The molecule has 0 spiro atoms. The number of carbonyl (C=O) groups excluding carboxylic acids is 1. The van der Waals surface area contributed by atoms with E-state index in [0.717, 1.165) is 19.6 Å². The Bertz CT molecular complexity index is 212. The highest BCUT2D eigenvalue weighted by molar-refractivity contribution is 5.86. The van der Waals surface area contributed by atoms with Crippen molar-refractivity contribution in [3.05, 3.63) is 12.2 Å². The van der Waals surface area contributed by atoms with E-state index in [9.17, 15) is 4.79 Å². The second-order valence-corrected chi connectivity index (χ2v) is 3.56. The summed E-state index contributed by atoms with van der Waals surface area (Å²) >= 11 is 0. The zero-order valence-electron chi connectivity index (χ0n) is 10.6. The van der Waals surface area contributed by atoms with Crippen LogP contribution in [-0.4, -0.2) is 50.3 Å². The number of likely N-dealkylation sites (N-methyl/N-ethyl adjacent to an activating group) is 1. The summed E-state index contributed by atoms with van der Waals surface area (Å²) < 4.78 is 10.2. The van der Waals surface area contributed by atoms with Crippen LogP contribution in [0.5, 0.6) is 0 Å². The van der Waals surface area contributed by atoms with Crippen LogP contribution in [0.15, 0.2) is 12.2 Å². The van der Waals surface area contributed by atoms with Gasteiger partial charge >= 0.3 is 5.97 Å². The molecule has 0 saturated carbocycles. The molecule has 0 aromatic rings. The largest absolute Gasteiger partial charge is 0.460 e. The summed E-state index contributed by atoms with van der Waals surface area (Å²) in [6.07, 6.45) is 0. The van der Waals surface area contributed by atoms with Gasteiger partial charge in [0.2, 0.25) is 0 Å². The second kappa shape index (κ2) is 9.36. The Kier molecular flexibility index (Phi) is 8.85. The SMILES string of the molecule is C=C(C)C(=O)OCCOCCN(CC)CC. The van der Waals surface area contributed by atoms with Crippen molar-refractivity contribution in [3.63, 3.8) is 0 Å². The van der Waals surface area contributed by atoms with E-state index in [0.29, 0.717) is 25.4 Å². The highest BCUT2D eigenvalue weighted by Gasteiger charge is 2.02. The van der Waals surface area contributed by atoms with Crippen molar-refractivity contribution in [1.29, 1.82) is 0 Å². The number of rotatable bonds is 9. The van der Waals surface area contributed by atoms with Crippen LogP contribution in [0.25, 0.3) is 0 Å². The molecule has 4 heteroatoms. The maximum absolute atomic E-state index is 11.0. The maximum Gasteiger partial charge on any atom is 0.333 e. The molecular formula is C12H23NO3. The molecule has 0 heterocycles. The van der Waals surface area contributed by atoms with Crippen molar-refractivity contribution in [2.75, 3.05) is 39.5 Å². The first-order valence-electron chi connectivity index (χ1n) is 5.74. The van der Waals surface area contributed by atoms with Gasteiger partial charge in [-0.3, -0.25) is 0 Å². The van der Waals surface area contributed by atoms with Crippen molar-refractivity contribution < 1.29 is 14.3 Å². The minimum absolute atomic E-state index is 0.296. The number of hydrogen-bond acceptors (Lipinski definition) is 4. The third kappa shape index (κ3) is 7.43. The lowest BCUT2D eigenvalue weighted by Crippen LogP contribution is -2.27. The predicted octanol–water partition coefficient (Wildman–Crippen LogP) is 1.46. The summed E-state index contributed by atoms with van der Waals surface area (Å²) in [7, 11) is 0. The molecule has 0 N–H and O–H groups in total. The molecule has 0 unspecified atom stereocenters. The van der Waals surface area contributed by atoms with Crippen LogP contribution in [0.1, 0.15) is 20.8 Å². The topological polar surface area (TPSA) is 38.8 Å². The van der Waals surface area contributed by atoms with Crippen LogP contribution in [0.4, 0.5) is 0 Å². The van der Waals surface area contributed by atoms with E-state index in [1.165, 1.54) is 0 Å². The molecule has 0 radical (unpaired) electrons. The van der Waals surface area contributed by atoms with Crippen molar-refractivity contribution in [2.45, 2.75) is 20.8 Å². The third-order valence-electron chi connectivity index (χ3n) is 2.26. The molecule has 0 rings (SSSR count). The van der Waals surface area contributed by atoms with E-state index in [1.807, 2.05) is 0 Å². The van der Waals surface area contributed by atoms with Crippen molar-refractivity contribution in [3.8, 4) is 0 Å². The first-order chi connectivity index (χ1) is 7.61. The monoisotopic (exact) mass is 229 g/mol. The van der Waals surface area contributed by atoms with Crippen molar-refractivity contribution in [1.82, 2.24) is 4.90 Å². The number of carbonyl (C=O) groups is 1. The summed E-state index contributed by atoms with van der Waals surface area (Å²) in [4.78, 5) is 13.3. The van der Waals surface area contributed by atoms with Gasteiger partial charge in [-0.1, -0.05) is 20.4 Å². The van der Waals surface area contributed by atoms with E-state index < -0.39 is 0 Å². The molecule has 0 aliphatic rings. The molecule has 0 fully saturated rings. The standard InChI is InChI=1S/C12H23NO3/c1-5-13(6-2)7-8-15-9-10-16-12(14)11(3)4/h3,5-10H2,1-2,4H3. The lowest BCUT2D eigenvalue weighted by atomic mass is 10.4. The van der Waals surface area contributed by atoms with Gasteiger partial charge in [0.1, 0.15) is 6.61 Å². The van der Waals surface area contributed by atoms with Crippen LogP contribution in [0.3, 0.4) is 0 Å². The minimum atomic E-state index is -0.354. The highest BCUT2D eigenvalue weighted by atomic mass is 16.6. The zero-order chi connectivity index (χ0) is 12.4. The van der Waals surface area contributed by atoms with Crippen LogP contribution in [-0.2, 0) is 14.3 Å². The van der Waals surface area contributed by atoms with E-state index in [4.69, 9.17) is 9.47 Å². The molecule has 16 heavy (non-hydrogen) atoms. The number of hydrogen-bond donors (Lipinski definition) is 0. The maximum atomic E-state index is 11.0. The number of ether oxygens (including phenoxy) is 2.